The van der Waals surface area contributed by atoms with Crippen molar-refractivity contribution in [3.8, 4) is 0 Å². The molecule has 3 aromatic carbocycles. The van der Waals surface area contributed by atoms with Gasteiger partial charge in [0.25, 0.3) is 0 Å². The van der Waals surface area contributed by atoms with Gasteiger partial charge >= 0.3 is 18.0 Å². The lowest BCUT2D eigenvalue weighted by atomic mass is 10.0. The minimum absolute atomic E-state index is 0.0246. The minimum atomic E-state index is -1.47. The van der Waals surface area contributed by atoms with E-state index < -0.39 is 48.0 Å². The van der Waals surface area contributed by atoms with Crippen molar-refractivity contribution in [1.29, 1.82) is 0 Å². The number of hydrogen-bond donors (Lipinski definition) is 4. The number of nitrogens with zero attached hydrogens (tertiary/aromatic N) is 1. The predicted octanol–water partition coefficient (Wildman–Crippen LogP) is 2.92. The molecule has 0 radical (unpaired) electrons. The zero-order chi connectivity index (χ0) is 30.1. The summed E-state index contributed by atoms with van der Waals surface area (Å²) in [6.07, 6.45) is -1.27. The van der Waals surface area contributed by atoms with Crippen molar-refractivity contribution in [2.45, 2.75) is 50.4 Å². The predicted molar refractivity (Wildman–Crippen MR) is 152 cm³/mol. The molecule has 3 aromatic rings. The molecule has 1 unspecified atom stereocenters. The summed E-state index contributed by atoms with van der Waals surface area (Å²) >= 11 is 0. The fraction of sp³-hybridized carbons (Fsp3) is 0.258. The minimum Gasteiger partial charge on any atom is -0.480 e. The monoisotopic (exact) mass is 573 g/mol. The van der Waals surface area contributed by atoms with Gasteiger partial charge in [0.05, 0.1) is 0 Å². The Hall–Kier alpha value is -5.19. The molecule has 0 bridgehead atoms. The Morgan fingerprint density at radius 3 is 2.07 bits per heavy atom. The molecular weight excluding hydrogens is 542 g/mol. The van der Waals surface area contributed by atoms with Crippen molar-refractivity contribution in [1.82, 2.24) is 10.6 Å². The second-order valence-electron chi connectivity index (χ2n) is 9.84. The van der Waals surface area contributed by atoms with Crippen molar-refractivity contribution in [3.05, 3.63) is 102 Å². The molecule has 0 saturated carbocycles. The molecular formula is C31H31N3O8. The molecule has 3 amide bonds. The van der Waals surface area contributed by atoms with Crippen LogP contribution < -0.4 is 15.5 Å². The van der Waals surface area contributed by atoms with Gasteiger partial charge in [0.1, 0.15) is 24.7 Å². The lowest BCUT2D eigenvalue weighted by molar-refractivity contribution is -0.143. The van der Waals surface area contributed by atoms with Gasteiger partial charge in [-0.25, -0.2) is 14.4 Å². The molecule has 0 saturated heterocycles. The molecule has 0 aromatic heterocycles. The Balaban J connectivity index is 1.42. The summed E-state index contributed by atoms with van der Waals surface area (Å²) in [5.41, 5.74) is 2.64. The van der Waals surface area contributed by atoms with Crippen LogP contribution in [0.5, 0.6) is 0 Å². The van der Waals surface area contributed by atoms with E-state index in [1.807, 2.05) is 6.07 Å². The number of anilines is 1. The standard InChI is InChI=1S/C31H31N3O8/c35-27(34-25-14-8-7-13-22(25)18-26(34)30(39)40)16-15-23(29(37)38)32-28(36)24(17-20-9-3-1-4-10-20)33-31(41)42-19-21-11-5-2-6-12-21/h1-14,23-24,26H,15-19H2,(H,32,36)(H,33,41)(H,37,38)(H,39,40)/t23-,24?,26+/m1/s1. The SMILES string of the molecule is O=C(NC(Cc1ccccc1)C(=O)N[C@H](CCC(=O)N1c2ccccc2C[C@H]1C(=O)O)C(=O)O)OCc1ccccc1. The number of nitrogens with one attached hydrogen (secondary N) is 2. The van der Waals surface area contributed by atoms with Gasteiger partial charge in [-0.2, -0.15) is 0 Å². The van der Waals surface area contributed by atoms with Crippen LogP contribution in [0, 0.1) is 0 Å². The van der Waals surface area contributed by atoms with Gasteiger partial charge in [-0.3, -0.25) is 14.5 Å². The number of benzene rings is 3. The molecule has 0 fully saturated rings. The van der Waals surface area contributed by atoms with E-state index in [9.17, 15) is 34.2 Å². The molecule has 1 aliphatic heterocycles. The molecule has 3 atom stereocenters. The fourth-order valence-corrected chi connectivity index (χ4v) is 4.78. The van der Waals surface area contributed by atoms with E-state index in [-0.39, 0.29) is 32.3 Å². The molecule has 11 nitrogen and oxygen atoms in total. The van der Waals surface area contributed by atoms with Crippen LogP contribution in [0.4, 0.5) is 10.5 Å². The summed E-state index contributed by atoms with van der Waals surface area (Å²) < 4.78 is 5.25. The van der Waals surface area contributed by atoms with Crippen LogP contribution in [0.1, 0.15) is 29.5 Å². The zero-order valence-electron chi connectivity index (χ0n) is 22.6. The van der Waals surface area contributed by atoms with E-state index in [2.05, 4.69) is 10.6 Å². The van der Waals surface area contributed by atoms with E-state index in [1.165, 1.54) is 4.90 Å². The number of carboxylic acids is 2. The summed E-state index contributed by atoms with van der Waals surface area (Å²) in [6, 6.07) is 20.9. The number of carbonyl (C=O) groups excluding carboxylic acids is 3. The Kier molecular flexibility index (Phi) is 9.88. The van der Waals surface area contributed by atoms with Crippen LogP contribution >= 0.6 is 0 Å². The maximum Gasteiger partial charge on any atom is 0.408 e. The van der Waals surface area contributed by atoms with Crippen LogP contribution in [-0.2, 0) is 43.4 Å². The van der Waals surface area contributed by atoms with E-state index in [0.717, 1.165) is 11.1 Å². The molecule has 11 heteroatoms. The number of hydrogen-bond acceptors (Lipinski definition) is 6. The average molecular weight is 574 g/mol. The molecule has 4 N–H and O–H groups in total. The fourth-order valence-electron chi connectivity index (χ4n) is 4.78. The maximum atomic E-state index is 13.3. The first kappa shape index (κ1) is 29.8. The summed E-state index contributed by atoms with van der Waals surface area (Å²) in [5, 5.41) is 24.4. The van der Waals surface area contributed by atoms with Gasteiger partial charge in [-0.1, -0.05) is 78.9 Å². The number of para-hydroxylation sites is 1. The number of amides is 3. The molecule has 218 valence electrons. The van der Waals surface area contributed by atoms with Gasteiger partial charge in [0, 0.05) is 24.9 Å². The van der Waals surface area contributed by atoms with Gasteiger partial charge in [0.15, 0.2) is 0 Å². The summed E-state index contributed by atoms with van der Waals surface area (Å²) in [6.45, 7) is -0.0246. The van der Waals surface area contributed by atoms with Crippen LogP contribution in [0.25, 0.3) is 0 Å². The Bertz CT molecular complexity index is 1430. The molecule has 0 aliphatic carbocycles. The highest BCUT2D eigenvalue weighted by molar-refractivity contribution is 6.02. The number of aliphatic carboxylic acids is 2. The van der Waals surface area contributed by atoms with E-state index >= 15 is 0 Å². The zero-order valence-corrected chi connectivity index (χ0v) is 22.6. The quantitative estimate of drug-likeness (QED) is 0.257. The maximum absolute atomic E-state index is 13.3. The largest absolute Gasteiger partial charge is 0.480 e. The Labute approximate surface area is 242 Å². The van der Waals surface area contributed by atoms with Gasteiger partial charge < -0.3 is 25.6 Å². The molecule has 4 rings (SSSR count). The smallest absolute Gasteiger partial charge is 0.408 e. The molecule has 1 heterocycles. The van der Waals surface area contributed by atoms with Crippen molar-refractivity contribution in [2.24, 2.45) is 0 Å². The van der Waals surface area contributed by atoms with Gasteiger partial charge in [-0.05, 0) is 29.2 Å². The topological polar surface area (TPSA) is 162 Å². The van der Waals surface area contributed by atoms with E-state index in [1.54, 1.807) is 78.9 Å². The summed E-state index contributed by atoms with van der Waals surface area (Å²) in [7, 11) is 0. The third kappa shape index (κ3) is 7.72. The highest BCUT2D eigenvalue weighted by Crippen LogP contribution is 2.33. The van der Waals surface area contributed by atoms with E-state index in [0.29, 0.717) is 11.3 Å². The summed E-state index contributed by atoms with van der Waals surface area (Å²) in [5.74, 6) is -3.89. The molecule has 42 heavy (non-hydrogen) atoms. The lowest BCUT2D eigenvalue weighted by Crippen LogP contribution is -2.53. The third-order valence-corrected chi connectivity index (χ3v) is 6.90. The number of rotatable bonds is 12. The molecule has 1 aliphatic rings. The van der Waals surface area contributed by atoms with Crippen LogP contribution in [0.2, 0.25) is 0 Å². The number of carbonyl (C=O) groups is 5. The lowest BCUT2D eigenvalue weighted by Gasteiger charge is -2.24. The number of alkyl carbamates (subject to hydrolysis) is 1. The van der Waals surface area contributed by atoms with Gasteiger partial charge in [0.2, 0.25) is 11.8 Å². The second-order valence-corrected chi connectivity index (χ2v) is 9.84. The van der Waals surface area contributed by atoms with Crippen LogP contribution in [0.15, 0.2) is 84.9 Å². The van der Waals surface area contributed by atoms with Crippen molar-refractivity contribution < 1.29 is 38.9 Å². The first-order chi connectivity index (χ1) is 20.2. The first-order valence-electron chi connectivity index (χ1n) is 13.4. The Morgan fingerprint density at radius 2 is 1.43 bits per heavy atom. The molecule has 0 spiro atoms. The Morgan fingerprint density at radius 1 is 0.810 bits per heavy atom. The normalized spacial score (nSPS) is 15.1. The average Bonchev–Trinajstić information content (AvgIpc) is 3.39. The number of fused-ring (bicyclic) bond motifs is 1. The van der Waals surface area contributed by atoms with Crippen LogP contribution in [0.3, 0.4) is 0 Å². The second kappa shape index (κ2) is 13.9. The number of carboxylic acid groups (broad SMARTS) is 2. The summed E-state index contributed by atoms with van der Waals surface area (Å²) in [4.78, 5) is 64.0. The van der Waals surface area contributed by atoms with Gasteiger partial charge in [-0.15, -0.1) is 0 Å². The highest BCUT2D eigenvalue weighted by atomic mass is 16.5. The van der Waals surface area contributed by atoms with E-state index in [4.69, 9.17) is 4.74 Å². The van der Waals surface area contributed by atoms with Crippen LogP contribution in [-0.4, -0.2) is 58.2 Å². The van der Waals surface area contributed by atoms with Crippen molar-refractivity contribution >= 4 is 35.5 Å². The van der Waals surface area contributed by atoms with Crippen molar-refractivity contribution in [3.63, 3.8) is 0 Å². The third-order valence-electron chi connectivity index (χ3n) is 6.90. The van der Waals surface area contributed by atoms with Crippen molar-refractivity contribution in [2.75, 3.05) is 4.90 Å². The number of ether oxygens (including phenoxy) is 1. The first-order valence-corrected chi connectivity index (χ1v) is 13.4. The highest BCUT2D eigenvalue weighted by Gasteiger charge is 2.38.